The Morgan fingerprint density at radius 2 is 2.00 bits per heavy atom. The van der Waals surface area contributed by atoms with Gasteiger partial charge in [-0.3, -0.25) is 14.7 Å². The highest BCUT2D eigenvalue weighted by Crippen LogP contribution is 2.43. The van der Waals surface area contributed by atoms with E-state index in [-0.39, 0.29) is 45.0 Å². The Kier molecular flexibility index (Phi) is 7.40. The molecule has 11 heteroatoms. The minimum absolute atomic E-state index is 0.111. The summed E-state index contributed by atoms with van der Waals surface area (Å²) < 4.78 is 38.2. The molecule has 0 saturated heterocycles. The van der Waals surface area contributed by atoms with Crippen LogP contribution in [0.2, 0.25) is 0 Å². The van der Waals surface area contributed by atoms with Gasteiger partial charge in [-0.05, 0) is 54.7 Å². The van der Waals surface area contributed by atoms with E-state index >= 15 is 0 Å². The molecule has 2 aromatic rings. The molecule has 3 rings (SSSR count). The lowest BCUT2D eigenvalue weighted by Crippen LogP contribution is -2.14. The third-order valence-electron chi connectivity index (χ3n) is 4.72. The molecule has 2 N–H and O–H groups in total. The maximum atomic E-state index is 11.5. The number of halogens is 1. The summed E-state index contributed by atoms with van der Waals surface area (Å²) in [5.74, 6) is 0.222. The number of hydrogen-bond donors (Lipinski definition) is 2. The summed E-state index contributed by atoms with van der Waals surface area (Å²) in [6, 6.07) is 8.50. The van der Waals surface area contributed by atoms with Gasteiger partial charge in [-0.1, -0.05) is 15.9 Å². The van der Waals surface area contributed by atoms with Crippen molar-refractivity contribution in [3.63, 3.8) is 0 Å². The van der Waals surface area contributed by atoms with Crippen molar-refractivity contribution in [1.29, 1.82) is 0 Å². The second kappa shape index (κ2) is 9.65. The van der Waals surface area contributed by atoms with Crippen molar-refractivity contribution < 1.29 is 27.7 Å². The summed E-state index contributed by atoms with van der Waals surface area (Å²) in [4.78, 5) is 11.2. The molecular formula is C19H20BrNO7S2. The number of aromatic hydroxyl groups is 1. The van der Waals surface area contributed by atoms with E-state index in [1.54, 1.807) is 23.9 Å². The zero-order valence-corrected chi connectivity index (χ0v) is 19.0. The Hall–Kier alpha value is -1.66. The molecule has 0 spiro atoms. The number of non-ortho nitro benzene ring substituents is 1. The van der Waals surface area contributed by atoms with Crippen LogP contribution in [0.4, 0.5) is 5.69 Å². The van der Waals surface area contributed by atoms with Gasteiger partial charge in [-0.2, -0.15) is 8.42 Å². The number of phenolic OH excluding ortho intramolecular Hbond substituents is 1. The minimum Gasteiger partial charge on any atom is -0.508 e. The summed E-state index contributed by atoms with van der Waals surface area (Å²) in [5.41, 5.74) is 0.929. The predicted molar refractivity (Wildman–Crippen MR) is 116 cm³/mol. The molecule has 0 bridgehead atoms. The maximum absolute atomic E-state index is 11.5. The number of alkyl halides is 1. The first kappa shape index (κ1) is 23.0. The number of rotatable bonds is 7. The van der Waals surface area contributed by atoms with Crippen LogP contribution in [0.3, 0.4) is 0 Å². The number of ether oxygens (including phenoxy) is 1. The van der Waals surface area contributed by atoms with E-state index in [9.17, 15) is 28.2 Å². The van der Waals surface area contributed by atoms with Crippen molar-refractivity contribution in [1.82, 2.24) is 0 Å². The summed E-state index contributed by atoms with van der Waals surface area (Å²) in [6.45, 7) is 0.571. The minimum atomic E-state index is -4.49. The molecular weight excluding hydrogens is 498 g/mol. The van der Waals surface area contributed by atoms with Gasteiger partial charge in [0.05, 0.1) is 23.0 Å². The topological polar surface area (TPSA) is 127 Å². The van der Waals surface area contributed by atoms with Gasteiger partial charge in [0.1, 0.15) is 5.75 Å². The van der Waals surface area contributed by atoms with Crippen LogP contribution in [-0.2, 0) is 21.3 Å². The number of hydrogen-bond acceptors (Lipinski definition) is 7. The number of thioether (sulfide) groups is 1. The van der Waals surface area contributed by atoms with Gasteiger partial charge in [0.15, 0.2) is 0 Å². The standard InChI is InChI=1S/C19H20BrNO7S2/c20-17-4-3-15(29-18-5-2-14(22)10-16(17)18)11-28-8-7-12-9-13(21(23)24)1-6-19(12)30(25,26)27/h1-2,5-6,9-10,15,17,22H,3-4,7-8,11H2,(H,25,26,27). The molecule has 2 unspecified atom stereocenters. The fourth-order valence-corrected chi connectivity index (χ4v) is 6.04. The highest BCUT2D eigenvalue weighted by atomic mass is 79.9. The van der Waals surface area contributed by atoms with Gasteiger partial charge in [0.2, 0.25) is 0 Å². The van der Waals surface area contributed by atoms with Gasteiger partial charge in [0.25, 0.3) is 15.8 Å². The van der Waals surface area contributed by atoms with Gasteiger partial charge < -0.3 is 9.84 Å². The Balaban J connectivity index is 1.63. The third kappa shape index (κ3) is 5.73. The van der Waals surface area contributed by atoms with Crippen LogP contribution in [0.5, 0.6) is 5.75 Å². The zero-order valence-electron chi connectivity index (χ0n) is 15.7. The van der Waals surface area contributed by atoms with E-state index in [0.717, 1.165) is 41.5 Å². The van der Waals surface area contributed by atoms with Crippen LogP contribution >= 0.6 is 27.7 Å². The summed E-state index contributed by atoms with van der Waals surface area (Å²) in [5, 5.41) is 20.9. The normalized spacial score (nSPS) is 19.1. The van der Waals surface area contributed by atoms with E-state index in [2.05, 4.69) is 15.9 Å². The predicted octanol–water partition coefficient (Wildman–Crippen LogP) is 4.50. The van der Waals surface area contributed by atoms with Crippen LogP contribution < -0.4 is 0 Å². The summed E-state index contributed by atoms with van der Waals surface area (Å²) in [6.07, 6.45) is 1.86. The molecule has 8 nitrogen and oxygen atoms in total. The molecule has 2 atom stereocenters. The molecule has 1 aliphatic heterocycles. The zero-order chi connectivity index (χ0) is 21.9. The first-order valence-corrected chi connectivity index (χ1v) is 12.3. The molecule has 0 saturated carbocycles. The second-order valence-electron chi connectivity index (χ2n) is 6.86. The van der Waals surface area contributed by atoms with Crippen molar-refractivity contribution in [2.45, 2.75) is 39.1 Å². The van der Waals surface area contributed by atoms with E-state index in [1.165, 1.54) is 0 Å². The smallest absolute Gasteiger partial charge is 0.294 e. The fraction of sp³-hybridized carbons (Fsp3) is 0.368. The molecule has 1 heterocycles. The Bertz CT molecular complexity index is 1050. The Morgan fingerprint density at radius 1 is 1.23 bits per heavy atom. The third-order valence-corrected chi connectivity index (χ3v) is 7.95. The van der Waals surface area contributed by atoms with E-state index in [4.69, 9.17) is 4.74 Å². The highest BCUT2D eigenvalue weighted by molar-refractivity contribution is 9.09. The lowest BCUT2D eigenvalue weighted by molar-refractivity contribution is -0.385. The average Bonchev–Trinajstić information content (AvgIpc) is 2.83. The van der Waals surface area contributed by atoms with Crippen molar-refractivity contribution in [3.05, 3.63) is 57.6 Å². The van der Waals surface area contributed by atoms with Crippen LogP contribution in [0.25, 0.3) is 0 Å². The van der Waals surface area contributed by atoms with Gasteiger partial charge >= 0.3 is 0 Å². The monoisotopic (exact) mass is 517 g/mol. The van der Waals surface area contributed by atoms with Crippen LogP contribution in [0, 0.1) is 10.1 Å². The molecule has 2 aromatic carbocycles. The highest BCUT2D eigenvalue weighted by Gasteiger charge is 2.24. The van der Waals surface area contributed by atoms with Gasteiger partial charge in [0, 0.05) is 27.1 Å². The number of nitro groups is 1. The van der Waals surface area contributed by atoms with Crippen molar-refractivity contribution >= 4 is 43.5 Å². The molecule has 0 fully saturated rings. The van der Waals surface area contributed by atoms with Crippen LogP contribution in [0.1, 0.15) is 28.8 Å². The van der Waals surface area contributed by atoms with Crippen LogP contribution in [-0.4, -0.2) is 41.5 Å². The fourth-order valence-electron chi connectivity index (χ4n) is 3.25. The molecule has 1 aliphatic rings. The first-order chi connectivity index (χ1) is 14.1. The number of nitrogens with zero attached hydrogens (tertiary/aromatic N) is 1. The van der Waals surface area contributed by atoms with Crippen molar-refractivity contribution in [2.24, 2.45) is 0 Å². The van der Waals surface area contributed by atoms with Gasteiger partial charge in [-0.15, -0.1) is 11.8 Å². The lowest BCUT2D eigenvalue weighted by Gasteiger charge is -2.15. The molecule has 0 amide bonds. The Labute approximate surface area is 186 Å². The summed E-state index contributed by atoms with van der Waals surface area (Å²) >= 11 is 5.31. The van der Waals surface area contributed by atoms with E-state index in [0.29, 0.717) is 6.61 Å². The molecule has 0 aromatic heterocycles. The number of fused-ring (bicyclic) bond motifs is 1. The Morgan fingerprint density at radius 3 is 2.70 bits per heavy atom. The SMILES string of the molecule is O=[N+]([O-])c1ccc(S(=O)(=O)O)c(CCOCC2CCC(Br)c3cc(O)ccc3S2)c1. The molecule has 30 heavy (non-hydrogen) atoms. The van der Waals surface area contributed by atoms with Crippen molar-refractivity contribution in [3.8, 4) is 5.75 Å². The molecule has 162 valence electrons. The number of nitro benzene ring substituents is 1. The first-order valence-electron chi connectivity index (χ1n) is 9.11. The van der Waals surface area contributed by atoms with Crippen molar-refractivity contribution in [2.75, 3.05) is 13.2 Å². The quantitative estimate of drug-likeness (QED) is 0.180. The number of benzene rings is 2. The largest absolute Gasteiger partial charge is 0.508 e. The van der Waals surface area contributed by atoms with Crippen LogP contribution in [0.15, 0.2) is 46.2 Å². The lowest BCUT2D eigenvalue weighted by atomic mass is 10.1. The van der Waals surface area contributed by atoms with E-state index < -0.39 is 15.0 Å². The average molecular weight is 518 g/mol. The number of phenols is 1. The molecule has 0 radical (unpaired) electrons. The summed E-state index contributed by atoms with van der Waals surface area (Å²) in [7, 11) is -4.49. The molecule has 0 aliphatic carbocycles. The second-order valence-corrected chi connectivity index (χ2v) is 10.7. The maximum Gasteiger partial charge on any atom is 0.294 e. The van der Waals surface area contributed by atoms with E-state index in [1.807, 2.05) is 6.07 Å². The van der Waals surface area contributed by atoms with Gasteiger partial charge in [-0.25, -0.2) is 0 Å².